The highest BCUT2D eigenvalue weighted by molar-refractivity contribution is 5.85. The molecule has 0 spiro atoms. The maximum atomic E-state index is 14.3. The van der Waals surface area contributed by atoms with Gasteiger partial charge in [-0.05, 0) is 50.1 Å². The average Bonchev–Trinajstić information content (AvgIpc) is 3.42. The molecule has 1 aliphatic rings. The van der Waals surface area contributed by atoms with Gasteiger partial charge in [0.2, 0.25) is 11.8 Å². The number of likely N-dealkylation sites (tertiary alicyclic amines) is 1. The fourth-order valence-corrected chi connectivity index (χ4v) is 5.18. The van der Waals surface area contributed by atoms with E-state index in [0.717, 1.165) is 16.2 Å². The van der Waals surface area contributed by atoms with E-state index in [4.69, 9.17) is 4.74 Å². The Morgan fingerprint density at radius 1 is 1.20 bits per heavy atom. The largest absolute Gasteiger partial charge is 0.413 e. The fourth-order valence-electron chi connectivity index (χ4n) is 5.18. The topological polar surface area (TPSA) is 87.7 Å². The van der Waals surface area contributed by atoms with Crippen LogP contribution in [0, 0.1) is 12.8 Å². The molecular formula is C29H34F3N5O3. The number of rotatable bonds is 8. The Morgan fingerprint density at radius 2 is 1.90 bits per heavy atom. The molecule has 1 N–H and O–H groups in total. The summed E-state index contributed by atoms with van der Waals surface area (Å²) in [5.41, 5.74) is 4.09. The lowest BCUT2D eigenvalue weighted by atomic mass is 10.0. The van der Waals surface area contributed by atoms with E-state index in [-0.39, 0.29) is 24.1 Å². The summed E-state index contributed by atoms with van der Waals surface area (Å²) in [5, 5.41) is 3.24. The van der Waals surface area contributed by atoms with Crippen LogP contribution in [-0.4, -0.2) is 65.0 Å². The SMILES string of the molecule is CCC(=O)N1CCC(C(=O)N(C)[C@@H](c2ccc(Nc3cnc4ccc(C)nc4c3[C@H](C)OC)cc2)C(F)(F)F)C1. The number of aryl methyl sites for hydroxylation is 1. The first-order valence-electron chi connectivity index (χ1n) is 13.2. The molecule has 3 heterocycles. The number of hydrogen-bond acceptors (Lipinski definition) is 6. The Labute approximate surface area is 231 Å². The fraction of sp³-hybridized carbons (Fsp3) is 0.448. The second-order valence-corrected chi connectivity index (χ2v) is 10.1. The number of methoxy groups -OCH3 is 1. The Morgan fingerprint density at radius 3 is 2.52 bits per heavy atom. The molecule has 40 heavy (non-hydrogen) atoms. The summed E-state index contributed by atoms with van der Waals surface area (Å²) < 4.78 is 48.4. The number of aromatic nitrogens is 2. The molecule has 0 saturated carbocycles. The predicted molar refractivity (Wildman–Crippen MR) is 146 cm³/mol. The van der Waals surface area contributed by atoms with Gasteiger partial charge in [-0.3, -0.25) is 19.6 Å². The lowest BCUT2D eigenvalue weighted by Gasteiger charge is -2.32. The smallest absolute Gasteiger partial charge is 0.377 e. The third-order valence-corrected chi connectivity index (χ3v) is 7.39. The van der Waals surface area contributed by atoms with Gasteiger partial charge in [-0.2, -0.15) is 13.2 Å². The first-order chi connectivity index (χ1) is 18.9. The van der Waals surface area contributed by atoms with Crippen molar-refractivity contribution in [2.24, 2.45) is 5.92 Å². The second-order valence-electron chi connectivity index (χ2n) is 10.1. The van der Waals surface area contributed by atoms with Crippen molar-refractivity contribution in [2.75, 3.05) is 32.6 Å². The van der Waals surface area contributed by atoms with E-state index >= 15 is 0 Å². The zero-order chi connectivity index (χ0) is 29.2. The Bertz CT molecular complexity index is 1380. The summed E-state index contributed by atoms with van der Waals surface area (Å²) in [5.74, 6) is -1.40. The number of carbonyl (C=O) groups excluding carboxylic acids is 2. The lowest BCUT2D eigenvalue weighted by molar-refractivity contribution is -0.190. The van der Waals surface area contributed by atoms with Crippen molar-refractivity contribution in [3.8, 4) is 0 Å². The van der Waals surface area contributed by atoms with Crippen LogP contribution >= 0.6 is 0 Å². The van der Waals surface area contributed by atoms with Gasteiger partial charge in [0.25, 0.3) is 0 Å². The number of alkyl halides is 3. The zero-order valence-electron chi connectivity index (χ0n) is 23.2. The van der Waals surface area contributed by atoms with Crippen LogP contribution in [0.4, 0.5) is 24.5 Å². The molecule has 0 bridgehead atoms. The number of nitrogens with zero attached hydrogens (tertiary/aromatic N) is 4. The van der Waals surface area contributed by atoms with E-state index in [1.807, 2.05) is 26.0 Å². The van der Waals surface area contributed by atoms with Crippen molar-refractivity contribution >= 4 is 34.2 Å². The molecule has 2 aromatic heterocycles. The Kier molecular flexibility index (Phi) is 8.62. The number of ether oxygens (including phenoxy) is 1. The second kappa shape index (κ2) is 11.8. The van der Waals surface area contributed by atoms with Crippen molar-refractivity contribution in [2.45, 2.75) is 51.9 Å². The third-order valence-electron chi connectivity index (χ3n) is 7.39. The minimum absolute atomic E-state index is 0.0622. The van der Waals surface area contributed by atoms with Gasteiger partial charge in [-0.15, -0.1) is 0 Å². The number of hydrogen-bond donors (Lipinski definition) is 1. The molecule has 3 aromatic rings. The summed E-state index contributed by atoms with van der Waals surface area (Å²) in [4.78, 5) is 36.5. The number of anilines is 2. The highest BCUT2D eigenvalue weighted by Crippen LogP contribution is 2.39. The van der Waals surface area contributed by atoms with Gasteiger partial charge >= 0.3 is 6.18 Å². The monoisotopic (exact) mass is 557 g/mol. The molecule has 3 atom stereocenters. The molecular weight excluding hydrogens is 523 g/mol. The maximum absolute atomic E-state index is 14.3. The first-order valence-corrected chi connectivity index (χ1v) is 13.2. The first kappa shape index (κ1) is 29.3. The highest BCUT2D eigenvalue weighted by Gasteiger charge is 2.47. The van der Waals surface area contributed by atoms with E-state index in [0.29, 0.717) is 41.8 Å². The van der Waals surface area contributed by atoms with Crippen molar-refractivity contribution in [1.29, 1.82) is 0 Å². The molecule has 214 valence electrons. The summed E-state index contributed by atoms with van der Waals surface area (Å²) in [6, 6.07) is 7.43. The number of benzene rings is 1. The van der Waals surface area contributed by atoms with Crippen LogP contribution in [0.3, 0.4) is 0 Å². The molecule has 1 fully saturated rings. The molecule has 1 aromatic carbocycles. The maximum Gasteiger partial charge on any atom is 0.413 e. The van der Waals surface area contributed by atoms with Crippen LogP contribution in [0.1, 0.15) is 55.7 Å². The Balaban J connectivity index is 1.58. The molecule has 0 aliphatic carbocycles. The van der Waals surface area contributed by atoms with Gasteiger partial charge in [0, 0.05) is 50.6 Å². The van der Waals surface area contributed by atoms with Gasteiger partial charge in [0.1, 0.15) is 0 Å². The summed E-state index contributed by atoms with van der Waals surface area (Å²) in [7, 11) is 2.76. The summed E-state index contributed by atoms with van der Waals surface area (Å²) >= 11 is 0. The number of amides is 2. The average molecular weight is 558 g/mol. The molecule has 2 amide bonds. The minimum atomic E-state index is -4.69. The van der Waals surface area contributed by atoms with Crippen LogP contribution in [0.5, 0.6) is 0 Å². The molecule has 8 nitrogen and oxygen atoms in total. The van der Waals surface area contributed by atoms with Gasteiger partial charge in [0.15, 0.2) is 6.04 Å². The van der Waals surface area contributed by atoms with Crippen molar-refractivity contribution in [3.63, 3.8) is 0 Å². The number of pyridine rings is 2. The summed E-state index contributed by atoms with van der Waals surface area (Å²) in [6.07, 6.45) is -2.73. The van der Waals surface area contributed by atoms with Gasteiger partial charge in [-0.1, -0.05) is 19.1 Å². The van der Waals surface area contributed by atoms with Crippen LogP contribution in [0.2, 0.25) is 0 Å². The number of carbonyl (C=O) groups is 2. The number of halogens is 3. The number of nitrogens with one attached hydrogen (secondary N) is 1. The van der Waals surface area contributed by atoms with E-state index in [1.165, 1.54) is 24.1 Å². The van der Waals surface area contributed by atoms with Crippen LogP contribution in [0.15, 0.2) is 42.6 Å². The minimum Gasteiger partial charge on any atom is -0.377 e. The quantitative estimate of drug-likeness (QED) is 0.382. The van der Waals surface area contributed by atoms with Crippen molar-refractivity contribution in [3.05, 3.63) is 59.4 Å². The van der Waals surface area contributed by atoms with Gasteiger partial charge in [-0.25, -0.2) is 0 Å². The normalized spacial score (nSPS) is 17.1. The van der Waals surface area contributed by atoms with E-state index < -0.39 is 24.0 Å². The number of fused-ring (bicyclic) bond motifs is 1. The Hall–Kier alpha value is -3.73. The van der Waals surface area contributed by atoms with Gasteiger partial charge in [0.05, 0.1) is 34.9 Å². The van der Waals surface area contributed by atoms with Crippen LogP contribution in [-0.2, 0) is 14.3 Å². The lowest BCUT2D eigenvalue weighted by Crippen LogP contribution is -2.43. The van der Waals surface area contributed by atoms with Crippen molar-refractivity contribution < 1.29 is 27.5 Å². The van der Waals surface area contributed by atoms with Crippen LogP contribution in [0.25, 0.3) is 11.0 Å². The van der Waals surface area contributed by atoms with E-state index in [1.54, 1.807) is 32.4 Å². The summed E-state index contributed by atoms with van der Waals surface area (Å²) in [6.45, 7) is 5.99. The van der Waals surface area contributed by atoms with E-state index in [2.05, 4.69) is 15.3 Å². The van der Waals surface area contributed by atoms with Gasteiger partial charge < -0.3 is 19.9 Å². The zero-order valence-corrected chi connectivity index (χ0v) is 23.2. The standard InChI is InChI=1S/C29H34F3N5O3/c1-6-24(38)37-14-13-20(16-37)28(39)36(4)27(29(30,31)32)19-8-10-21(11-9-19)35-23-15-33-22-12-7-17(2)34-26(22)25(23)18(3)40-5/h7-12,15,18,20,27,35H,6,13-14,16H2,1-5H3/t18-,20?,27-/m0/s1. The third kappa shape index (κ3) is 6.04. The molecule has 1 saturated heterocycles. The van der Waals surface area contributed by atoms with Crippen molar-refractivity contribution in [1.82, 2.24) is 19.8 Å². The molecule has 4 rings (SSSR count). The predicted octanol–water partition coefficient (Wildman–Crippen LogP) is 5.71. The molecule has 0 radical (unpaired) electrons. The highest BCUT2D eigenvalue weighted by atomic mass is 19.4. The van der Waals surface area contributed by atoms with E-state index in [9.17, 15) is 22.8 Å². The molecule has 1 aliphatic heterocycles. The molecule has 1 unspecified atom stereocenters. The molecule has 11 heteroatoms. The van der Waals surface area contributed by atoms with Crippen LogP contribution < -0.4 is 5.32 Å².